The van der Waals surface area contributed by atoms with Gasteiger partial charge in [0, 0.05) is 29.1 Å². The number of carbonyl (C=O) groups excluding carboxylic acids is 1. The predicted molar refractivity (Wildman–Crippen MR) is 164 cm³/mol. The standard InChI is InChI=1S/C32H30Cl2FN3O4S/c1-40-30(39)17-9-24(35)28-25(10-17)43-31(36-28)38-18-7-8-19(38)12-32(11-18)13-20(14-32)41-15-21-27(37-42-29(21)16-5-6-16)26-22(33)3-2-4-23(26)34/h2-4,9-10,16,18-20H,5-8,11-15H2,1H3. The van der Waals surface area contributed by atoms with Crippen molar-refractivity contribution >= 4 is 55.9 Å². The third-order valence-electron chi connectivity index (χ3n) is 9.79. The minimum atomic E-state index is -0.547. The van der Waals surface area contributed by atoms with Crippen molar-refractivity contribution in [3.05, 3.63) is 63.1 Å². The molecule has 2 atom stereocenters. The molecule has 2 unspecified atom stereocenters. The maximum Gasteiger partial charge on any atom is 0.338 e. The quantitative estimate of drug-likeness (QED) is 0.187. The first-order valence-electron chi connectivity index (χ1n) is 14.8. The number of hydrogen-bond donors (Lipinski definition) is 0. The van der Waals surface area contributed by atoms with Gasteiger partial charge in [-0.25, -0.2) is 14.2 Å². The molecule has 4 aromatic rings. The van der Waals surface area contributed by atoms with Gasteiger partial charge in [0.25, 0.3) is 0 Å². The molecule has 2 aliphatic heterocycles. The van der Waals surface area contributed by atoms with E-state index in [1.165, 1.54) is 24.5 Å². The van der Waals surface area contributed by atoms with Crippen molar-refractivity contribution in [1.29, 1.82) is 0 Å². The fraction of sp³-hybridized carbons (Fsp3) is 0.469. The van der Waals surface area contributed by atoms with E-state index in [0.717, 1.165) is 67.8 Å². The van der Waals surface area contributed by atoms with Gasteiger partial charge < -0.3 is 18.9 Å². The molecule has 2 aromatic heterocycles. The van der Waals surface area contributed by atoms with Crippen molar-refractivity contribution in [3.8, 4) is 11.3 Å². The van der Waals surface area contributed by atoms with Gasteiger partial charge >= 0.3 is 5.97 Å². The second-order valence-electron chi connectivity index (χ2n) is 12.6. The molecule has 43 heavy (non-hydrogen) atoms. The average molecular weight is 643 g/mol. The Balaban J connectivity index is 0.961. The number of piperidine rings is 1. The van der Waals surface area contributed by atoms with Crippen molar-refractivity contribution in [3.63, 3.8) is 0 Å². The summed E-state index contributed by atoms with van der Waals surface area (Å²) in [6.45, 7) is 0.427. The number of esters is 1. The van der Waals surface area contributed by atoms with Crippen LogP contribution in [0.15, 0.2) is 34.9 Å². The summed E-state index contributed by atoms with van der Waals surface area (Å²) in [5.41, 5.74) is 3.14. The van der Waals surface area contributed by atoms with E-state index < -0.39 is 11.8 Å². The number of anilines is 1. The van der Waals surface area contributed by atoms with E-state index in [-0.39, 0.29) is 17.1 Å². The number of carbonyl (C=O) groups is 1. The summed E-state index contributed by atoms with van der Waals surface area (Å²) in [4.78, 5) is 19.1. The number of hydrogen-bond acceptors (Lipinski definition) is 8. The van der Waals surface area contributed by atoms with Crippen molar-refractivity contribution < 1.29 is 23.2 Å². The molecule has 11 heteroatoms. The molecule has 2 saturated carbocycles. The zero-order valence-electron chi connectivity index (χ0n) is 23.6. The lowest BCUT2D eigenvalue weighted by Crippen LogP contribution is -2.54. The van der Waals surface area contributed by atoms with Crippen LogP contribution < -0.4 is 4.90 Å². The van der Waals surface area contributed by atoms with Gasteiger partial charge in [-0.1, -0.05) is 45.8 Å². The number of ether oxygens (including phenoxy) is 2. The van der Waals surface area contributed by atoms with Crippen LogP contribution in [0, 0.1) is 11.2 Å². The predicted octanol–water partition coefficient (Wildman–Crippen LogP) is 8.56. The van der Waals surface area contributed by atoms with Crippen LogP contribution in [-0.4, -0.2) is 41.4 Å². The number of benzene rings is 2. The van der Waals surface area contributed by atoms with Crippen LogP contribution in [0.4, 0.5) is 9.52 Å². The molecular weight excluding hydrogens is 612 g/mol. The van der Waals surface area contributed by atoms with Crippen molar-refractivity contribution in [1.82, 2.24) is 10.1 Å². The Morgan fingerprint density at radius 3 is 2.51 bits per heavy atom. The molecule has 8 rings (SSSR count). The highest BCUT2D eigenvalue weighted by atomic mass is 35.5. The summed E-state index contributed by atoms with van der Waals surface area (Å²) >= 11 is 14.5. The van der Waals surface area contributed by atoms with E-state index in [9.17, 15) is 9.18 Å². The van der Waals surface area contributed by atoms with Crippen LogP contribution in [0.3, 0.4) is 0 Å². The van der Waals surface area contributed by atoms with Gasteiger partial charge in [-0.05, 0) is 81.0 Å². The molecule has 2 aliphatic carbocycles. The van der Waals surface area contributed by atoms with Crippen LogP contribution >= 0.6 is 34.5 Å². The Hall–Kier alpha value is -2.72. The number of halogens is 3. The third kappa shape index (κ3) is 4.74. The van der Waals surface area contributed by atoms with Crippen molar-refractivity contribution in [2.24, 2.45) is 5.41 Å². The SMILES string of the molecule is COC(=O)c1cc(F)c2nc(N3C4CCC3CC3(CC(OCc5c(-c6c(Cl)cccc6Cl)noc5C5CC5)C3)C4)sc2c1. The van der Waals surface area contributed by atoms with Crippen LogP contribution in [0.5, 0.6) is 0 Å². The van der Waals surface area contributed by atoms with Crippen LogP contribution in [-0.2, 0) is 16.1 Å². The fourth-order valence-electron chi connectivity index (χ4n) is 7.69. The molecule has 0 radical (unpaired) electrons. The summed E-state index contributed by atoms with van der Waals surface area (Å²) in [5, 5.41) is 6.34. The average Bonchev–Trinajstić information content (AvgIpc) is 3.49. The highest BCUT2D eigenvalue weighted by Gasteiger charge is 2.55. The number of aromatic nitrogens is 2. The molecule has 2 aromatic carbocycles. The van der Waals surface area contributed by atoms with E-state index in [0.29, 0.717) is 56.1 Å². The number of fused-ring (bicyclic) bond motifs is 3. The first kappa shape index (κ1) is 27.8. The monoisotopic (exact) mass is 641 g/mol. The summed E-state index contributed by atoms with van der Waals surface area (Å²) in [6.07, 6.45) is 8.79. The lowest BCUT2D eigenvalue weighted by Gasteiger charge is -2.54. The first-order chi connectivity index (χ1) is 20.8. The van der Waals surface area contributed by atoms with E-state index in [2.05, 4.69) is 10.1 Å². The molecule has 4 fully saturated rings. The van der Waals surface area contributed by atoms with E-state index in [1.807, 2.05) is 18.2 Å². The van der Waals surface area contributed by atoms with Gasteiger partial charge in [0.1, 0.15) is 17.0 Å². The Labute approximate surface area is 262 Å². The zero-order valence-corrected chi connectivity index (χ0v) is 25.9. The molecule has 0 N–H and O–H groups in total. The molecule has 2 saturated heterocycles. The van der Waals surface area contributed by atoms with Gasteiger partial charge in [0.15, 0.2) is 10.9 Å². The maximum absolute atomic E-state index is 14.9. The number of rotatable bonds is 7. The summed E-state index contributed by atoms with van der Waals surface area (Å²) in [5.74, 6) is 0.251. The van der Waals surface area contributed by atoms with Gasteiger partial charge in [-0.2, -0.15) is 0 Å². The van der Waals surface area contributed by atoms with Gasteiger partial charge in [0.05, 0.1) is 40.1 Å². The van der Waals surface area contributed by atoms with E-state index >= 15 is 0 Å². The topological polar surface area (TPSA) is 77.7 Å². The van der Waals surface area contributed by atoms with Gasteiger partial charge in [0.2, 0.25) is 0 Å². The summed E-state index contributed by atoms with van der Waals surface area (Å²) in [6, 6.07) is 9.11. The Morgan fingerprint density at radius 2 is 1.84 bits per heavy atom. The molecule has 7 nitrogen and oxygen atoms in total. The molecule has 224 valence electrons. The lowest BCUT2D eigenvalue weighted by molar-refractivity contribution is -0.103. The summed E-state index contributed by atoms with van der Waals surface area (Å²) in [7, 11) is 1.30. The zero-order chi connectivity index (χ0) is 29.5. The van der Waals surface area contributed by atoms with E-state index in [1.54, 1.807) is 6.07 Å². The normalized spacial score (nSPS) is 26.3. The second kappa shape index (κ2) is 10.4. The Kier molecular flexibility index (Phi) is 6.74. The largest absolute Gasteiger partial charge is 0.465 e. The molecule has 4 aliphatic rings. The van der Waals surface area contributed by atoms with Gasteiger partial charge in [-0.3, -0.25) is 0 Å². The van der Waals surface area contributed by atoms with Crippen LogP contribution in [0.25, 0.3) is 21.5 Å². The molecule has 1 spiro atoms. The minimum absolute atomic E-state index is 0.177. The number of nitrogens with zero attached hydrogens (tertiary/aromatic N) is 3. The van der Waals surface area contributed by atoms with Gasteiger partial charge in [-0.15, -0.1) is 0 Å². The number of thiazole rings is 1. The molecule has 0 amide bonds. The van der Waals surface area contributed by atoms with Crippen molar-refractivity contribution in [2.45, 2.75) is 82.1 Å². The van der Waals surface area contributed by atoms with Crippen molar-refractivity contribution in [2.75, 3.05) is 12.0 Å². The summed E-state index contributed by atoms with van der Waals surface area (Å²) < 4.78 is 32.6. The lowest BCUT2D eigenvalue weighted by atomic mass is 9.59. The van der Waals surface area contributed by atoms with E-state index in [4.69, 9.17) is 42.2 Å². The first-order valence-corrected chi connectivity index (χ1v) is 16.4. The molecule has 4 heterocycles. The van der Waals surface area contributed by atoms with Crippen LogP contribution in [0.1, 0.15) is 79.0 Å². The Morgan fingerprint density at radius 1 is 1.12 bits per heavy atom. The highest BCUT2D eigenvalue weighted by molar-refractivity contribution is 7.22. The maximum atomic E-state index is 14.9. The minimum Gasteiger partial charge on any atom is -0.465 e. The van der Waals surface area contributed by atoms with Crippen LogP contribution in [0.2, 0.25) is 10.0 Å². The molecular formula is C32H30Cl2FN3O4S. The Bertz CT molecular complexity index is 1710. The second-order valence-corrected chi connectivity index (χ2v) is 14.4. The highest BCUT2D eigenvalue weighted by Crippen LogP contribution is 2.58. The fourth-order valence-corrected chi connectivity index (χ4v) is 9.43. The smallest absolute Gasteiger partial charge is 0.338 e. The molecule has 2 bridgehead atoms. The third-order valence-corrected chi connectivity index (χ3v) is 11.4. The number of methoxy groups -OCH3 is 1.